The molecule has 22 heavy (non-hydrogen) atoms. The van der Waals surface area contributed by atoms with Gasteiger partial charge in [0.2, 0.25) is 0 Å². The third-order valence-corrected chi connectivity index (χ3v) is 3.66. The van der Waals surface area contributed by atoms with Crippen LogP contribution in [-0.2, 0) is 13.0 Å². The third-order valence-electron chi connectivity index (χ3n) is 3.66. The molecule has 2 rings (SSSR count). The molecule has 0 saturated heterocycles. The van der Waals surface area contributed by atoms with E-state index in [2.05, 4.69) is 11.0 Å². The molecule has 0 aliphatic rings. The largest absolute Gasteiger partial charge is 0.508 e. The van der Waals surface area contributed by atoms with E-state index in [9.17, 15) is 5.11 Å². The van der Waals surface area contributed by atoms with Gasteiger partial charge < -0.3 is 19.5 Å². The van der Waals surface area contributed by atoms with E-state index in [4.69, 9.17) is 9.47 Å². The molecule has 4 heteroatoms. The van der Waals surface area contributed by atoms with Crippen LogP contribution in [0.15, 0.2) is 42.5 Å². The lowest BCUT2D eigenvalue weighted by molar-refractivity contribution is 0.323. The SMILES string of the molecule is COc1ccc(CCN(C)Cc2ccccc2O)cc1OC. The molecule has 0 unspecified atom stereocenters. The van der Waals surface area contributed by atoms with Gasteiger partial charge in [0, 0.05) is 18.7 Å². The van der Waals surface area contributed by atoms with Crippen LogP contribution < -0.4 is 9.47 Å². The van der Waals surface area contributed by atoms with Crippen LogP contribution in [0, 0.1) is 0 Å². The number of phenols is 1. The van der Waals surface area contributed by atoms with E-state index >= 15 is 0 Å². The maximum absolute atomic E-state index is 9.81. The average Bonchev–Trinajstić information content (AvgIpc) is 2.54. The molecule has 0 radical (unpaired) electrons. The van der Waals surface area contributed by atoms with Crippen LogP contribution in [0.25, 0.3) is 0 Å². The number of methoxy groups -OCH3 is 2. The summed E-state index contributed by atoms with van der Waals surface area (Å²) < 4.78 is 10.6. The lowest BCUT2D eigenvalue weighted by Gasteiger charge is -2.18. The number of hydrogen-bond acceptors (Lipinski definition) is 4. The third kappa shape index (κ3) is 4.15. The van der Waals surface area contributed by atoms with Gasteiger partial charge in [0.05, 0.1) is 14.2 Å². The van der Waals surface area contributed by atoms with Gasteiger partial charge in [-0.25, -0.2) is 0 Å². The summed E-state index contributed by atoms with van der Waals surface area (Å²) in [6.45, 7) is 1.61. The maximum atomic E-state index is 9.81. The summed E-state index contributed by atoms with van der Waals surface area (Å²) in [7, 11) is 5.33. The first-order chi connectivity index (χ1) is 10.6. The van der Waals surface area contributed by atoms with Gasteiger partial charge >= 0.3 is 0 Å². The van der Waals surface area contributed by atoms with Crippen molar-refractivity contribution in [1.82, 2.24) is 4.90 Å². The second-order valence-corrected chi connectivity index (χ2v) is 5.31. The molecule has 2 aromatic rings. The number of nitrogens with zero attached hydrogens (tertiary/aromatic N) is 1. The summed E-state index contributed by atoms with van der Waals surface area (Å²) in [5.41, 5.74) is 2.14. The second kappa shape index (κ2) is 7.71. The smallest absolute Gasteiger partial charge is 0.160 e. The monoisotopic (exact) mass is 301 g/mol. The van der Waals surface area contributed by atoms with E-state index in [1.807, 2.05) is 37.4 Å². The minimum absolute atomic E-state index is 0.348. The van der Waals surface area contributed by atoms with Crippen molar-refractivity contribution < 1.29 is 14.6 Å². The Morgan fingerprint density at radius 1 is 1.00 bits per heavy atom. The van der Waals surface area contributed by atoms with Gasteiger partial charge in [-0.15, -0.1) is 0 Å². The minimum atomic E-state index is 0.348. The van der Waals surface area contributed by atoms with Crippen LogP contribution in [-0.4, -0.2) is 37.8 Å². The molecule has 0 saturated carbocycles. The quantitative estimate of drug-likeness (QED) is 0.853. The summed E-state index contributed by atoms with van der Waals surface area (Å²) in [5, 5.41) is 9.81. The molecular formula is C18H23NO3. The number of rotatable bonds is 7. The fourth-order valence-electron chi connectivity index (χ4n) is 2.37. The first-order valence-electron chi connectivity index (χ1n) is 7.30. The Balaban J connectivity index is 1.93. The molecule has 2 aromatic carbocycles. The number of para-hydroxylation sites is 1. The van der Waals surface area contributed by atoms with Gasteiger partial charge in [-0.05, 0) is 37.2 Å². The van der Waals surface area contributed by atoms with Crippen molar-refractivity contribution in [3.8, 4) is 17.2 Å². The molecule has 0 fully saturated rings. The van der Waals surface area contributed by atoms with Gasteiger partial charge in [0.25, 0.3) is 0 Å². The highest BCUT2D eigenvalue weighted by molar-refractivity contribution is 5.43. The number of aromatic hydroxyl groups is 1. The molecule has 0 aliphatic carbocycles. The lowest BCUT2D eigenvalue weighted by atomic mass is 10.1. The lowest BCUT2D eigenvalue weighted by Crippen LogP contribution is -2.20. The van der Waals surface area contributed by atoms with E-state index < -0.39 is 0 Å². The van der Waals surface area contributed by atoms with Gasteiger partial charge in [0.1, 0.15) is 5.75 Å². The summed E-state index contributed by atoms with van der Waals surface area (Å²) >= 11 is 0. The van der Waals surface area contributed by atoms with Crippen molar-refractivity contribution in [2.24, 2.45) is 0 Å². The molecule has 0 spiro atoms. The van der Waals surface area contributed by atoms with Gasteiger partial charge in [-0.1, -0.05) is 24.3 Å². The van der Waals surface area contributed by atoms with Crippen LogP contribution in [0.2, 0.25) is 0 Å². The summed E-state index contributed by atoms with van der Waals surface area (Å²) in [5.74, 6) is 1.85. The van der Waals surface area contributed by atoms with Crippen LogP contribution in [0.5, 0.6) is 17.2 Å². The van der Waals surface area contributed by atoms with E-state index in [0.717, 1.165) is 36.6 Å². The number of benzene rings is 2. The van der Waals surface area contributed by atoms with E-state index in [1.165, 1.54) is 5.56 Å². The molecule has 0 heterocycles. The van der Waals surface area contributed by atoms with Crippen molar-refractivity contribution in [3.05, 3.63) is 53.6 Å². The average molecular weight is 301 g/mol. The molecule has 1 N–H and O–H groups in total. The number of phenolic OH excluding ortho intramolecular Hbond substituents is 1. The fraction of sp³-hybridized carbons (Fsp3) is 0.333. The standard InChI is InChI=1S/C18H23NO3/c1-19(13-15-6-4-5-7-16(15)20)11-10-14-8-9-17(21-2)18(12-14)22-3/h4-9,12,20H,10-11,13H2,1-3H3. The molecule has 0 amide bonds. The zero-order valence-corrected chi connectivity index (χ0v) is 13.4. The highest BCUT2D eigenvalue weighted by Crippen LogP contribution is 2.27. The Hall–Kier alpha value is -2.20. The molecule has 0 aromatic heterocycles. The molecule has 0 atom stereocenters. The van der Waals surface area contributed by atoms with Crippen molar-refractivity contribution in [2.75, 3.05) is 27.8 Å². The zero-order valence-electron chi connectivity index (χ0n) is 13.4. The van der Waals surface area contributed by atoms with Crippen LogP contribution in [0.4, 0.5) is 0 Å². The highest BCUT2D eigenvalue weighted by Gasteiger charge is 2.07. The van der Waals surface area contributed by atoms with Crippen LogP contribution in [0.1, 0.15) is 11.1 Å². The Morgan fingerprint density at radius 2 is 1.73 bits per heavy atom. The summed E-state index contributed by atoms with van der Waals surface area (Å²) in [4.78, 5) is 2.19. The van der Waals surface area contributed by atoms with Crippen molar-refractivity contribution >= 4 is 0 Å². The highest BCUT2D eigenvalue weighted by atomic mass is 16.5. The predicted octanol–water partition coefficient (Wildman–Crippen LogP) is 3.08. The van der Waals surface area contributed by atoms with Crippen molar-refractivity contribution in [1.29, 1.82) is 0 Å². The maximum Gasteiger partial charge on any atom is 0.160 e. The number of hydrogen-bond donors (Lipinski definition) is 1. The molecule has 0 bridgehead atoms. The van der Waals surface area contributed by atoms with Crippen LogP contribution >= 0.6 is 0 Å². The van der Waals surface area contributed by atoms with Crippen molar-refractivity contribution in [2.45, 2.75) is 13.0 Å². The molecule has 0 aliphatic heterocycles. The van der Waals surface area contributed by atoms with E-state index in [0.29, 0.717) is 5.75 Å². The second-order valence-electron chi connectivity index (χ2n) is 5.31. The van der Waals surface area contributed by atoms with E-state index in [1.54, 1.807) is 20.3 Å². The Kier molecular flexibility index (Phi) is 5.67. The summed E-state index contributed by atoms with van der Waals surface area (Å²) in [6.07, 6.45) is 0.907. The molecule has 4 nitrogen and oxygen atoms in total. The normalized spacial score (nSPS) is 10.7. The number of likely N-dealkylation sites (N-methyl/N-ethyl adjacent to an activating group) is 1. The van der Waals surface area contributed by atoms with Crippen LogP contribution in [0.3, 0.4) is 0 Å². The Morgan fingerprint density at radius 3 is 2.41 bits per heavy atom. The topological polar surface area (TPSA) is 41.9 Å². The molecular weight excluding hydrogens is 278 g/mol. The van der Waals surface area contributed by atoms with Gasteiger partial charge in [-0.2, -0.15) is 0 Å². The van der Waals surface area contributed by atoms with Gasteiger partial charge in [-0.3, -0.25) is 0 Å². The van der Waals surface area contributed by atoms with Crippen molar-refractivity contribution in [3.63, 3.8) is 0 Å². The Labute approximate surface area is 131 Å². The number of ether oxygens (including phenoxy) is 2. The van der Waals surface area contributed by atoms with E-state index in [-0.39, 0.29) is 0 Å². The predicted molar refractivity (Wildman–Crippen MR) is 87.7 cm³/mol. The fourth-order valence-corrected chi connectivity index (χ4v) is 2.37. The first-order valence-corrected chi connectivity index (χ1v) is 7.30. The molecule has 118 valence electrons. The minimum Gasteiger partial charge on any atom is -0.508 e. The summed E-state index contributed by atoms with van der Waals surface area (Å²) in [6, 6.07) is 13.4. The van der Waals surface area contributed by atoms with Gasteiger partial charge in [0.15, 0.2) is 11.5 Å². The zero-order chi connectivity index (χ0) is 15.9. The Bertz CT molecular complexity index is 613. The first kappa shape index (κ1) is 16.2.